The van der Waals surface area contributed by atoms with Gasteiger partial charge in [-0.2, -0.15) is 4.98 Å². The van der Waals surface area contributed by atoms with Crippen LogP contribution in [0.3, 0.4) is 0 Å². The van der Waals surface area contributed by atoms with Crippen molar-refractivity contribution >= 4 is 0 Å². The van der Waals surface area contributed by atoms with Crippen LogP contribution >= 0.6 is 0 Å². The van der Waals surface area contributed by atoms with Gasteiger partial charge in [-0.25, -0.2) is 0 Å². The first-order valence-corrected chi connectivity index (χ1v) is 7.16. The Morgan fingerprint density at radius 3 is 2.76 bits per heavy atom. The Morgan fingerprint density at radius 2 is 2.05 bits per heavy atom. The minimum atomic E-state index is -0.483. The SMILES string of the molecule is CCOC1(c2noc(-c3cccc(O)c3O)n2)CCCC1. The van der Waals surface area contributed by atoms with Gasteiger partial charge in [0, 0.05) is 6.61 Å². The third kappa shape index (κ3) is 2.35. The van der Waals surface area contributed by atoms with Gasteiger partial charge < -0.3 is 19.5 Å². The fraction of sp³-hybridized carbons (Fsp3) is 0.467. The summed E-state index contributed by atoms with van der Waals surface area (Å²) in [4.78, 5) is 4.38. The number of nitrogens with zero attached hydrogens (tertiary/aromatic N) is 2. The molecular formula is C15H18N2O4. The molecule has 1 aliphatic carbocycles. The minimum Gasteiger partial charge on any atom is -0.504 e. The van der Waals surface area contributed by atoms with E-state index in [2.05, 4.69) is 10.1 Å². The summed E-state index contributed by atoms with van der Waals surface area (Å²) in [5, 5.41) is 23.5. The van der Waals surface area contributed by atoms with E-state index in [0.29, 0.717) is 18.0 Å². The molecule has 0 unspecified atom stereocenters. The van der Waals surface area contributed by atoms with Crippen LogP contribution in [0, 0.1) is 0 Å². The number of hydrogen-bond acceptors (Lipinski definition) is 6. The lowest BCUT2D eigenvalue weighted by Crippen LogP contribution is -2.27. The van der Waals surface area contributed by atoms with Crippen LogP contribution < -0.4 is 0 Å². The molecule has 1 heterocycles. The first-order valence-electron chi connectivity index (χ1n) is 7.16. The smallest absolute Gasteiger partial charge is 0.261 e. The Kier molecular flexibility index (Phi) is 3.55. The summed E-state index contributed by atoms with van der Waals surface area (Å²) in [6.45, 7) is 2.53. The summed E-state index contributed by atoms with van der Waals surface area (Å²) in [6, 6.07) is 4.63. The van der Waals surface area contributed by atoms with E-state index in [1.807, 2.05) is 6.92 Å². The van der Waals surface area contributed by atoms with Crippen LogP contribution in [0.25, 0.3) is 11.5 Å². The third-order valence-electron chi connectivity index (χ3n) is 3.91. The lowest BCUT2D eigenvalue weighted by Gasteiger charge is -2.24. The molecule has 1 aromatic carbocycles. The molecule has 1 aliphatic rings. The van der Waals surface area contributed by atoms with Gasteiger partial charge in [-0.1, -0.05) is 11.2 Å². The Bertz CT molecular complexity index is 632. The zero-order valence-corrected chi connectivity index (χ0v) is 11.9. The summed E-state index contributed by atoms with van der Waals surface area (Å²) in [7, 11) is 0. The predicted octanol–water partition coefficient (Wildman–Crippen LogP) is 2.95. The first kappa shape index (κ1) is 13.9. The van der Waals surface area contributed by atoms with Gasteiger partial charge in [-0.15, -0.1) is 0 Å². The molecule has 0 amide bonds. The number of aromatic nitrogens is 2. The molecule has 0 spiro atoms. The van der Waals surface area contributed by atoms with E-state index in [1.165, 1.54) is 6.07 Å². The molecule has 3 rings (SSSR count). The minimum absolute atomic E-state index is 0.185. The first-order chi connectivity index (χ1) is 10.2. The lowest BCUT2D eigenvalue weighted by molar-refractivity contribution is -0.0469. The van der Waals surface area contributed by atoms with Gasteiger partial charge >= 0.3 is 0 Å². The van der Waals surface area contributed by atoms with Crippen molar-refractivity contribution < 1.29 is 19.5 Å². The zero-order chi connectivity index (χ0) is 14.9. The average Bonchev–Trinajstić information content (AvgIpc) is 3.12. The monoisotopic (exact) mass is 290 g/mol. The lowest BCUT2D eigenvalue weighted by atomic mass is 10.0. The van der Waals surface area contributed by atoms with E-state index in [9.17, 15) is 10.2 Å². The second-order valence-corrected chi connectivity index (χ2v) is 5.23. The Labute approximate surface area is 122 Å². The van der Waals surface area contributed by atoms with Crippen molar-refractivity contribution in [2.24, 2.45) is 0 Å². The number of aromatic hydroxyl groups is 2. The Morgan fingerprint density at radius 1 is 1.29 bits per heavy atom. The molecule has 0 atom stereocenters. The molecule has 0 aliphatic heterocycles. The van der Waals surface area contributed by atoms with Crippen molar-refractivity contribution in [2.45, 2.75) is 38.2 Å². The summed E-state index contributed by atoms with van der Waals surface area (Å²) in [6.07, 6.45) is 3.88. The number of hydrogen-bond donors (Lipinski definition) is 2. The molecule has 112 valence electrons. The molecule has 21 heavy (non-hydrogen) atoms. The molecular weight excluding hydrogens is 272 g/mol. The number of phenols is 2. The van der Waals surface area contributed by atoms with Gasteiger partial charge in [0.2, 0.25) is 5.82 Å². The number of benzene rings is 1. The largest absolute Gasteiger partial charge is 0.504 e. The van der Waals surface area contributed by atoms with Crippen molar-refractivity contribution in [2.75, 3.05) is 6.61 Å². The Hall–Kier alpha value is -2.08. The zero-order valence-electron chi connectivity index (χ0n) is 11.9. The predicted molar refractivity (Wildman–Crippen MR) is 74.8 cm³/mol. The molecule has 0 radical (unpaired) electrons. The van der Waals surface area contributed by atoms with E-state index in [-0.39, 0.29) is 17.4 Å². The van der Waals surface area contributed by atoms with Gasteiger partial charge in [0.15, 0.2) is 11.5 Å². The molecule has 1 aromatic heterocycles. The Balaban J connectivity index is 1.98. The normalized spacial score (nSPS) is 17.2. The summed E-state index contributed by atoms with van der Waals surface area (Å²) < 4.78 is 11.1. The van der Waals surface area contributed by atoms with Crippen molar-refractivity contribution in [3.63, 3.8) is 0 Å². The van der Waals surface area contributed by atoms with Crippen molar-refractivity contribution in [1.29, 1.82) is 0 Å². The maximum atomic E-state index is 9.88. The number of rotatable bonds is 4. The van der Waals surface area contributed by atoms with E-state index in [1.54, 1.807) is 12.1 Å². The van der Waals surface area contributed by atoms with Crippen molar-refractivity contribution in [1.82, 2.24) is 10.1 Å². The average molecular weight is 290 g/mol. The highest BCUT2D eigenvalue weighted by Gasteiger charge is 2.41. The van der Waals surface area contributed by atoms with E-state index in [0.717, 1.165) is 25.7 Å². The van der Waals surface area contributed by atoms with Crippen LogP contribution in [0.5, 0.6) is 11.5 Å². The second kappa shape index (κ2) is 5.37. The second-order valence-electron chi connectivity index (χ2n) is 5.23. The fourth-order valence-corrected chi connectivity index (χ4v) is 2.88. The molecule has 1 fully saturated rings. The highest BCUT2D eigenvalue weighted by molar-refractivity contribution is 5.66. The molecule has 1 saturated carbocycles. The summed E-state index contributed by atoms with van der Waals surface area (Å²) >= 11 is 0. The van der Waals surface area contributed by atoms with Gasteiger partial charge in [-0.3, -0.25) is 0 Å². The van der Waals surface area contributed by atoms with Crippen LogP contribution in [-0.2, 0) is 10.3 Å². The van der Waals surface area contributed by atoms with Gasteiger partial charge in [0.25, 0.3) is 5.89 Å². The third-order valence-corrected chi connectivity index (χ3v) is 3.91. The molecule has 2 N–H and O–H groups in total. The molecule has 0 bridgehead atoms. The molecule has 6 heteroatoms. The topological polar surface area (TPSA) is 88.6 Å². The molecule has 0 saturated heterocycles. The highest BCUT2D eigenvalue weighted by atomic mass is 16.5. The summed E-state index contributed by atoms with van der Waals surface area (Å²) in [5.74, 6) is 0.223. The van der Waals surface area contributed by atoms with Gasteiger partial charge in [-0.05, 0) is 44.7 Å². The highest BCUT2D eigenvalue weighted by Crippen LogP contribution is 2.42. The summed E-state index contributed by atoms with van der Waals surface area (Å²) in [5.41, 5.74) is -0.165. The molecule has 6 nitrogen and oxygen atoms in total. The quantitative estimate of drug-likeness (QED) is 0.842. The van der Waals surface area contributed by atoms with Gasteiger partial charge in [0.1, 0.15) is 5.60 Å². The van der Waals surface area contributed by atoms with Crippen LogP contribution in [0.4, 0.5) is 0 Å². The number of ether oxygens (including phenoxy) is 1. The van der Waals surface area contributed by atoms with E-state index >= 15 is 0 Å². The fourth-order valence-electron chi connectivity index (χ4n) is 2.88. The van der Waals surface area contributed by atoms with Crippen molar-refractivity contribution in [3.05, 3.63) is 24.0 Å². The molecule has 2 aromatic rings. The maximum Gasteiger partial charge on any atom is 0.261 e. The number of para-hydroxylation sites is 1. The standard InChI is InChI=1S/C15H18N2O4/c1-2-20-15(8-3-4-9-15)14-16-13(21-17-14)10-6-5-7-11(18)12(10)19/h5-7,18-19H,2-4,8-9H2,1H3. The van der Waals surface area contributed by atoms with Crippen LogP contribution in [0.15, 0.2) is 22.7 Å². The van der Waals surface area contributed by atoms with Gasteiger partial charge in [0.05, 0.1) is 5.56 Å². The van der Waals surface area contributed by atoms with Crippen molar-refractivity contribution in [3.8, 4) is 23.0 Å². The van der Waals surface area contributed by atoms with Crippen LogP contribution in [0.1, 0.15) is 38.4 Å². The van der Waals surface area contributed by atoms with Crippen LogP contribution in [-0.4, -0.2) is 27.0 Å². The van der Waals surface area contributed by atoms with E-state index in [4.69, 9.17) is 9.26 Å². The number of phenolic OH excluding ortho intramolecular Hbond substituents is 2. The maximum absolute atomic E-state index is 9.88. The van der Waals surface area contributed by atoms with E-state index < -0.39 is 5.60 Å². The van der Waals surface area contributed by atoms with Crippen LogP contribution in [0.2, 0.25) is 0 Å².